The van der Waals surface area contributed by atoms with Crippen molar-refractivity contribution in [2.75, 3.05) is 13.1 Å². The van der Waals surface area contributed by atoms with Crippen LogP contribution >= 0.6 is 0 Å². The van der Waals surface area contributed by atoms with Crippen molar-refractivity contribution < 1.29 is 4.79 Å². The monoisotopic (exact) mass is 224 g/mol. The van der Waals surface area contributed by atoms with Gasteiger partial charge in [-0.05, 0) is 6.42 Å². The maximum absolute atomic E-state index is 10.6. The Balaban J connectivity index is 2.28. The summed E-state index contributed by atoms with van der Waals surface area (Å²) in [5.41, 5.74) is 2.36. The summed E-state index contributed by atoms with van der Waals surface area (Å²) in [7, 11) is 1.93. The van der Waals surface area contributed by atoms with E-state index in [-0.39, 0.29) is 5.91 Å². The number of nitrogens with one attached hydrogen (secondary N) is 2. The van der Waals surface area contributed by atoms with Crippen molar-refractivity contribution in [1.82, 2.24) is 20.4 Å². The van der Waals surface area contributed by atoms with Crippen LogP contribution in [0.25, 0.3) is 0 Å². The molecular weight excluding hydrogens is 204 g/mol. The van der Waals surface area contributed by atoms with E-state index in [9.17, 15) is 4.79 Å². The van der Waals surface area contributed by atoms with Crippen molar-refractivity contribution in [3.63, 3.8) is 0 Å². The molecule has 5 nitrogen and oxygen atoms in total. The summed E-state index contributed by atoms with van der Waals surface area (Å²) in [6, 6.07) is 0. The van der Waals surface area contributed by atoms with E-state index in [1.807, 2.05) is 17.9 Å². The van der Waals surface area contributed by atoms with E-state index in [0.29, 0.717) is 6.54 Å². The number of hydrogen-bond donors (Lipinski definition) is 2. The van der Waals surface area contributed by atoms with Crippen LogP contribution in [0.15, 0.2) is 6.20 Å². The maximum atomic E-state index is 10.6. The van der Waals surface area contributed by atoms with Crippen LogP contribution in [0.3, 0.4) is 0 Å². The van der Waals surface area contributed by atoms with Gasteiger partial charge < -0.3 is 10.6 Å². The summed E-state index contributed by atoms with van der Waals surface area (Å²) in [6.07, 6.45) is 2.98. The highest BCUT2D eigenvalue weighted by molar-refractivity contribution is 5.72. The molecule has 2 N–H and O–H groups in total. The quantitative estimate of drug-likeness (QED) is 0.679. The summed E-state index contributed by atoms with van der Waals surface area (Å²) in [5, 5.41) is 10.4. The van der Waals surface area contributed by atoms with Gasteiger partial charge in [0, 0.05) is 45.4 Å². The fourth-order valence-electron chi connectivity index (χ4n) is 1.58. The van der Waals surface area contributed by atoms with Crippen molar-refractivity contribution in [1.29, 1.82) is 0 Å². The molecule has 0 aliphatic carbocycles. The summed E-state index contributed by atoms with van der Waals surface area (Å²) in [4.78, 5) is 10.6. The van der Waals surface area contributed by atoms with Gasteiger partial charge >= 0.3 is 0 Å². The van der Waals surface area contributed by atoms with Gasteiger partial charge in [0.2, 0.25) is 5.91 Å². The molecule has 0 radical (unpaired) electrons. The maximum Gasteiger partial charge on any atom is 0.216 e. The SMILES string of the molecule is CCc1nn(C)cc1CNCCNC(C)=O. The summed E-state index contributed by atoms with van der Waals surface area (Å²) in [6.45, 7) is 5.87. The lowest BCUT2D eigenvalue weighted by Gasteiger charge is -2.04. The summed E-state index contributed by atoms with van der Waals surface area (Å²) in [5.74, 6) is 0.0115. The van der Waals surface area contributed by atoms with Gasteiger partial charge in [0.25, 0.3) is 0 Å². The van der Waals surface area contributed by atoms with Gasteiger partial charge in [-0.1, -0.05) is 6.92 Å². The zero-order valence-corrected chi connectivity index (χ0v) is 10.2. The molecule has 0 spiro atoms. The third-order valence-electron chi connectivity index (χ3n) is 2.32. The number of aryl methyl sites for hydroxylation is 2. The number of rotatable bonds is 6. The predicted octanol–water partition coefficient (Wildman–Crippen LogP) is 0.208. The highest BCUT2D eigenvalue weighted by Crippen LogP contribution is 2.06. The molecule has 16 heavy (non-hydrogen) atoms. The minimum absolute atomic E-state index is 0.0115. The lowest BCUT2D eigenvalue weighted by Crippen LogP contribution is -2.30. The topological polar surface area (TPSA) is 59.0 Å². The lowest BCUT2D eigenvalue weighted by atomic mass is 10.2. The molecule has 0 saturated heterocycles. The molecule has 0 unspecified atom stereocenters. The molecule has 0 aliphatic rings. The Morgan fingerprint density at radius 3 is 2.88 bits per heavy atom. The number of nitrogens with zero attached hydrogens (tertiary/aromatic N) is 2. The smallest absolute Gasteiger partial charge is 0.216 e. The van der Waals surface area contributed by atoms with E-state index >= 15 is 0 Å². The molecule has 1 heterocycles. The molecule has 0 aromatic carbocycles. The van der Waals surface area contributed by atoms with Crippen LogP contribution in [0.2, 0.25) is 0 Å². The molecule has 90 valence electrons. The van der Waals surface area contributed by atoms with Crippen LogP contribution in [-0.4, -0.2) is 28.8 Å². The molecule has 1 rings (SSSR count). The normalized spacial score (nSPS) is 10.4. The van der Waals surface area contributed by atoms with E-state index in [4.69, 9.17) is 0 Å². The van der Waals surface area contributed by atoms with Gasteiger partial charge in [-0.15, -0.1) is 0 Å². The van der Waals surface area contributed by atoms with E-state index < -0.39 is 0 Å². The average Bonchev–Trinajstić information content (AvgIpc) is 2.58. The number of carbonyl (C=O) groups excluding carboxylic acids is 1. The van der Waals surface area contributed by atoms with E-state index in [1.165, 1.54) is 12.5 Å². The lowest BCUT2D eigenvalue weighted by molar-refractivity contribution is -0.118. The Kier molecular flexibility index (Phi) is 4.98. The standard InChI is InChI=1S/C11H20N4O/c1-4-11-10(8-15(3)14-11)7-12-5-6-13-9(2)16/h8,12H,4-7H2,1-3H3,(H,13,16). The third kappa shape index (κ3) is 4.02. The second-order valence-corrected chi connectivity index (χ2v) is 3.79. The number of hydrogen-bond acceptors (Lipinski definition) is 3. The van der Waals surface area contributed by atoms with E-state index in [0.717, 1.165) is 25.2 Å². The fourth-order valence-corrected chi connectivity index (χ4v) is 1.58. The first-order valence-electron chi connectivity index (χ1n) is 5.60. The molecule has 1 aromatic rings. The number of amides is 1. The Hall–Kier alpha value is -1.36. The van der Waals surface area contributed by atoms with Crippen molar-refractivity contribution in [3.8, 4) is 0 Å². The van der Waals surface area contributed by atoms with Crippen LogP contribution in [0, 0.1) is 0 Å². The first-order valence-corrected chi connectivity index (χ1v) is 5.60. The van der Waals surface area contributed by atoms with Crippen molar-refractivity contribution in [2.45, 2.75) is 26.8 Å². The molecule has 0 aliphatic heterocycles. The predicted molar refractivity (Wildman–Crippen MR) is 63.0 cm³/mol. The zero-order chi connectivity index (χ0) is 12.0. The molecule has 0 fully saturated rings. The largest absolute Gasteiger partial charge is 0.355 e. The minimum Gasteiger partial charge on any atom is -0.355 e. The zero-order valence-electron chi connectivity index (χ0n) is 10.2. The van der Waals surface area contributed by atoms with Gasteiger partial charge in [-0.25, -0.2) is 0 Å². The van der Waals surface area contributed by atoms with Gasteiger partial charge in [0.15, 0.2) is 0 Å². The minimum atomic E-state index is 0.0115. The van der Waals surface area contributed by atoms with Crippen LogP contribution in [-0.2, 0) is 24.8 Å². The Morgan fingerprint density at radius 1 is 1.50 bits per heavy atom. The van der Waals surface area contributed by atoms with E-state index in [1.54, 1.807) is 0 Å². The van der Waals surface area contributed by atoms with Crippen molar-refractivity contribution in [2.24, 2.45) is 7.05 Å². The fraction of sp³-hybridized carbons (Fsp3) is 0.636. The second kappa shape index (κ2) is 6.27. The Bertz CT molecular complexity index is 346. The van der Waals surface area contributed by atoms with Gasteiger partial charge in [0.1, 0.15) is 0 Å². The van der Waals surface area contributed by atoms with Crippen LogP contribution < -0.4 is 10.6 Å². The highest BCUT2D eigenvalue weighted by Gasteiger charge is 2.04. The molecule has 0 atom stereocenters. The summed E-state index contributed by atoms with van der Waals surface area (Å²) >= 11 is 0. The van der Waals surface area contributed by atoms with E-state index in [2.05, 4.69) is 22.7 Å². The van der Waals surface area contributed by atoms with Crippen LogP contribution in [0.4, 0.5) is 0 Å². The van der Waals surface area contributed by atoms with Crippen molar-refractivity contribution >= 4 is 5.91 Å². The first kappa shape index (κ1) is 12.7. The van der Waals surface area contributed by atoms with Crippen LogP contribution in [0.1, 0.15) is 25.1 Å². The van der Waals surface area contributed by atoms with Gasteiger partial charge in [0.05, 0.1) is 5.69 Å². The van der Waals surface area contributed by atoms with Crippen LogP contribution in [0.5, 0.6) is 0 Å². The molecule has 0 bridgehead atoms. The van der Waals surface area contributed by atoms with Crippen molar-refractivity contribution in [3.05, 3.63) is 17.5 Å². The molecular formula is C11H20N4O. The number of carbonyl (C=O) groups is 1. The Morgan fingerprint density at radius 2 is 2.25 bits per heavy atom. The Labute approximate surface area is 96.2 Å². The third-order valence-corrected chi connectivity index (χ3v) is 2.32. The first-order chi connectivity index (χ1) is 7.63. The summed E-state index contributed by atoms with van der Waals surface area (Å²) < 4.78 is 1.84. The molecule has 0 saturated carbocycles. The average molecular weight is 224 g/mol. The van der Waals surface area contributed by atoms with Gasteiger partial charge in [-0.3, -0.25) is 9.48 Å². The highest BCUT2D eigenvalue weighted by atomic mass is 16.1. The molecule has 5 heteroatoms. The molecule has 1 amide bonds. The molecule has 1 aromatic heterocycles. The number of aromatic nitrogens is 2. The second-order valence-electron chi connectivity index (χ2n) is 3.79. The van der Waals surface area contributed by atoms with Gasteiger partial charge in [-0.2, -0.15) is 5.10 Å².